The third-order valence-electron chi connectivity index (χ3n) is 5.92. The number of nitriles is 1. The second-order valence-electron chi connectivity index (χ2n) is 9.27. The van der Waals surface area contributed by atoms with Gasteiger partial charge >= 0.3 is 0 Å². The van der Waals surface area contributed by atoms with Gasteiger partial charge in [0, 0.05) is 41.0 Å². The van der Waals surface area contributed by atoms with E-state index in [1.165, 1.54) is 6.20 Å². The highest BCUT2D eigenvalue weighted by Crippen LogP contribution is 2.28. The molecule has 3 aromatic heterocycles. The van der Waals surface area contributed by atoms with Crippen molar-refractivity contribution in [3.8, 4) is 41.1 Å². The first kappa shape index (κ1) is 26.6. The Morgan fingerprint density at radius 2 is 1.74 bits per heavy atom. The van der Waals surface area contributed by atoms with Crippen molar-refractivity contribution in [3.05, 3.63) is 83.9 Å². The number of aryl methyl sites for hydroxylation is 1. The zero-order valence-electron chi connectivity index (χ0n) is 21.7. The summed E-state index contributed by atoms with van der Waals surface area (Å²) in [4.78, 5) is 42.4. The summed E-state index contributed by atoms with van der Waals surface area (Å²) in [5.74, 6) is 2.44. The van der Waals surface area contributed by atoms with Crippen molar-refractivity contribution in [1.29, 1.82) is 5.26 Å². The number of anilines is 2. The third kappa shape index (κ3) is 6.30. The average molecular weight is 516 g/mol. The Balaban J connectivity index is 1.59. The Hall–Kier alpha value is -5.41. The van der Waals surface area contributed by atoms with Crippen LogP contribution in [0, 0.1) is 30.6 Å². The lowest BCUT2D eigenvalue weighted by molar-refractivity contribution is -0.115. The number of pyridine rings is 2. The summed E-state index contributed by atoms with van der Waals surface area (Å²) in [6.07, 6.45) is 9.87. The molecular weight excluding hydrogens is 490 g/mol. The van der Waals surface area contributed by atoms with E-state index >= 15 is 0 Å². The van der Waals surface area contributed by atoms with Crippen molar-refractivity contribution in [3.63, 3.8) is 0 Å². The number of hydrogen-bond acceptors (Lipinski definition) is 7. The maximum Gasteiger partial charge on any atom is 0.255 e. The zero-order valence-corrected chi connectivity index (χ0v) is 21.7. The Morgan fingerprint density at radius 1 is 0.974 bits per heavy atom. The monoisotopic (exact) mass is 515 g/mol. The highest BCUT2D eigenvalue weighted by Gasteiger charge is 2.22. The van der Waals surface area contributed by atoms with Gasteiger partial charge in [0.1, 0.15) is 5.82 Å². The second-order valence-corrected chi connectivity index (χ2v) is 9.27. The van der Waals surface area contributed by atoms with E-state index in [0.29, 0.717) is 39.8 Å². The summed E-state index contributed by atoms with van der Waals surface area (Å²) in [5.41, 5.74) is 3.78. The Kier molecular flexibility index (Phi) is 7.74. The minimum Gasteiger partial charge on any atom is -0.322 e. The molecule has 0 fully saturated rings. The van der Waals surface area contributed by atoms with Crippen molar-refractivity contribution in [2.45, 2.75) is 32.6 Å². The smallest absolute Gasteiger partial charge is 0.255 e. The minimum atomic E-state index is -0.819. The zero-order chi connectivity index (χ0) is 28.0. The Bertz CT molecular complexity index is 1650. The number of rotatable bonds is 7. The van der Waals surface area contributed by atoms with E-state index in [9.17, 15) is 14.9 Å². The number of terminal acetylenes is 1. The SMILES string of the molecule is C#CCC(=O)Nc1cc(-c2nccc(-c3cc(NC(=O)c4ccnc(C(C)(C)C#N)c4)ccc3C)n2)ccn1. The van der Waals surface area contributed by atoms with Gasteiger partial charge in [-0.25, -0.2) is 15.0 Å². The molecule has 0 bridgehead atoms. The van der Waals surface area contributed by atoms with Crippen LogP contribution in [0.3, 0.4) is 0 Å². The number of aromatic nitrogens is 4. The molecule has 0 saturated carbocycles. The average Bonchev–Trinajstić information content (AvgIpc) is 2.94. The standard InChI is InChI=1S/C30H25N7O2/c1-5-6-27(38)37-26-16-20(9-13-33-26)28-34-14-11-24(36-28)23-17-22(8-7-19(23)2)35-29(39)21-10-12-32-25(15-21)30(3,4)18-31/h1,7-17H,6H2,2-4H3,(H,35,39)(H,33,37,38). The summed E-state index contributed by atoms with van der Waals surface area (Å²) in [7, 11) is 0. The van der Waals surface area contributed by atoms with Crippen LogP contribution in [0.1, 0.15) is 41.9 Å². The molecule has 0 aliphatic heterocycles. The molecule has 39 heavy (non-hydrogen) atoms. The number of amides is 2. The van der Waals surface area contributed by atoms with Crippen molar-refractivity contribution >= 4 is 23.3 Å². The summed E-state index contributed by atoms with van der Waals surface area (Å²) < 4.78 is 0. The van der Waals surface area contributed by atoms with Gasteiger partial charge in [0.05, 0.1) is 29.3 Å². The first-order valence-corrected chi connectivity index (χ1v) is 12.0. The predicted octanol–water partition coefficient (Wildman–Crippen LogP) is 4.92. The van der Waals surface area contributed by atoms with Crippen LogP contribution in [-0.2, 0) is 10.2 Å². The quantitative estimate of drug-likeness (QED) is 0.334. The van der Waals surface area contributed by atoms with Gasteiger partial charge in [0.15, 0.2) is 5.82 Å². The molecule has 4 aromatic rings. The number of carbonyl (C=O) groups is 2. The molecule has 2 amide bonds. The van der Waals surface area contributed by atoms with E-state index in [1.54, 1.807) is 56.6 Å². The van der Waals surface area contributed by atoms with Crippen molar-refractivity contribution in [2.24, 2.45) is 0 Å². The largest absolute Gasteiger partial charge is 0.322 e. The number of nitrogens with one attached hydrogen (secondary N) is 2. The topological polar surface area (TPSA) is 134 Å². The second kappa shape index (κ2) is 11.3. The lowest BCUT2D eigenvalue weighted by Crippen LogP contribution is -2.18. The molecule has 2 N–H and O–H groups in total. The van der Waals surface area contributed by atoms with Crippen molar-refractivity contribution in [1.82, 2.24) is 19.9 Å². The lowest BCUT2D eigenvalue weighted by atomic mass is 9.90. The van der Waals surface area contributed by atoms with Gasteiger partial charge in [0.25, 0.3) is 5.91 Å². The summed E-state index contributed by atoms with van der Waals surface area (Å²) >= 11 is 0. The minimum absolute atomic E-state index is 0.0514. The summed E-state index contributed by atoms with van der Waals surface area (Å²) in [6, 6.07) is 16.2. The van der Waals surface area contributed by atoms with Crippen LogP contribution in [0.5, 0.6) is 0 Å². The van der Waals surface area contributed by atoms with Gasteiger partial charge in [-0.3, -0.25) is 14.6 Å². The van der Waals surface area contributed by atoms with E-state index in [2.05, 4.69) is 37.6 Å². The van der Waals surface area contributed by atoms with Crippen molar-refractivity contribution in [2.75, 3.05) is 10.6 Å². The molecule has 3 heterocycles. The molecule has 0 saturated heterocycles. The molecule has 0 spiro atoms. The number of nitrogens with zero attached hydrogens (tertiary/aromatic N) is 5. The van der Waals surface area contributed by atoms with Gasteiger partial charge in [-0.1, -0.05) is 12.0 Å². The molecule has 1 aromatic carbocycles. The van der Waals surface area contributed by atoms with Crippen molar-refractivity contribution < 1.29 is 9.59 Å². The highest BCUT2D eigenvalue weighted by molar-refractivity contribution is 6.04. The maximum atomic E-state index is 13.0. The molecule has 192 valence electrons. The van der Waals surface area contributed by atoms with Crippen LogP contribution >= 0.6 is 0 Å². The lowest BCUT2D eigenvalue weighted by Gasteiger charge is -2.15. The van der Waals surface area contributed by atoms with E-state index in [1.807, 2.05) is 25.1 Å². The fourth-order valence-electron chi connectivity index (χ4n) is 3.72. The van der Waals surface area contributed by atoms with E-state index in [0.717, 1.165) is 11.1 Å². The van der Waals surface area contributed by atoms with Crippen LogP contribution in [0.25, 0.3) is 22.6 Å². The van der Waals surface area contributed by atoms with Gasteiger partial charge in [-0.2, -0.15) is 5.26 Å². The molecule has 0 aliphatic rings. The Labute approximate surface area is 226 Å². The maximum absolute atomic E-state index is 13.0. The van der Waals surface area contributed by atoms with E-state index in [-0.39, 0.29) is 18.2 Å². The van der Waals surface area contributed by atoms with Crippen LogP contribution in [0.15, 0.2) is 67.1 Å². The van der Waals surface area contributed by atoms with Crippen LogP contribution < -0.4 is 10.6 Å². The fraction of sp³-hybridized carbons (Fsp3) is 0.167. The summed E-state index contributed by atoms with van der Waals surface area (Å²) in [6.45, 7) is 5.45. The Morgan fingerprint density at radius 3 is 2.51 bits per heavy atom. The molecule has 0 atom stereocenters. The highest BCUT2D eigenvalue weighted by atomic mass is 16.2. The molecular formula is C30H25N7O2. The van der Waals surface area contributed by atoms with Gasteiger partial charge < -0.3 is 10.6 Å². The van der Waals surface area contributed by atoms with E-state index < -0.39 is 5.41 Å². The molecule has 9 heteroatoms. The van der Waals surface area contributed by atoms with Crippen LogP contribution in [-0.4, -0.2) is 31.8 Å². The predicted molar refractivity (Wildman–Crippen MR) is 148 cm³/mol. The van der Waals surface area contributed by atoms with Gasteiger partial charge in [0.2, 0.25) is 5.91 Å². The normalized spacial score (nSPS) is 10.7. The van der Waals surface area contributed by atoms with Crippen LogP contribution in [0.4, 0.5) is 11.5 Å². The van der Waals surface area contributed by atoms with Gasteiger partial charge in [-0.05, 0) is 68.8 Å². The number of benzene rings is 1. The molecule has 0 radical (unpaired) electrons. The fourth-order valence-corrected chi connectivity index (χ4v) is 3.72. The first-order chi connectivity index (χ1) is 18.7. The molecule has 4 rings (SSSR count). The molecule has 9 nitrogen and oxygen atoms in total. The number of carbonyl (C=O) groups excluding carboxylic acids is 2. The van der Waals surface area contributed by atoms with Crippen LogP contribution in [0.2, 0.25) is 0 Å². The number of hydrogen-bond donors (Lipinski definition) is 2. The first-order valence-electron chi connectivity index (χ1n) is 12.0. The summed E-state index contributed by atoms with van der Waals surface area (Å²) in [5, 5.41) is 15.0. The molecule has 0 aliphatic carbocycles. The third-order valence-corrected chi connectivity index (χ3v) is 5.92. The molecule has 0 unspecified atom stereocenters. The van der Waals surface area contributed by atoms with E-state index in [4.69, 9.17) is 11.4 Å². The van der Waals surface area contributed by atoms with Gasteiger partial charge in [-0.15, -0.1) is 6.42 Å².